The van der Waals surface area contributed by atoms with Gasteiger partial charge >= 0.3 is 10.2 Å². The van der Waals surface area contributed by atoms with E-state index >= 15 is 0 Å². The fourth-order valence-electron chi connectivity index (χ4n) is 0.452. The van der Waals surface area contributed by atoms with E-state index in [9.17, 15) is 12.3 Å². The Kier molecular flexibility index (Phi) is 1.73. The third-order valence-corrected chi connectivity index (χ3v) is 1.70. The third-order valence-electron chi connectivity index (χ3n) is 0.930. The molecule has 0 bridgehead atoms. The second-order valence-corrected chi connectivity index (χ2v) is 3.06. The normalized spacial score (nSPS) is 11.4. The summed E-state index contributed by atoms with van der Waals surface area (Å²) in [7, 11) is -4.70. The van der Waals surface area contributed by atoms with Crippen molar-refractivity contribution in [1.29, 1.82) is 0 Å². The van der Waals surface area contributed by atoms with Gasteiger partial charge in [-0.1, -0.05) is 0 Å². The number of nitrogen functional groups attached to an aromatic ring is 1. The van der Waals surface area contributed by atoms with Gasteiger partial charge in [0.05, 0.1) is 12.4 Å². The van der Waals surface area contributed by atoms with Gasteiger partial charge in [0.2, 0.25) is 5.95 Å². The zero-order valence-electron chi connectivity index (χ0n) is 5.23. The van der Waals surface area contributed by atoms with Gasteiger partial charge in [-0.3, -0.25) is 0 Å². The number of halogens is 1. The van der Waals surface area contributed by atoms with Gasteiger partial charge in [-0.2, -0.15) is 8.42 Å². The maximum Gasteiger partial charge on any atom is 0.335 e. The molecule has 1 rings (SSSR count). The summed E-state index contributed by atoms with van der Waals surface area (Å²) in [6.07, 6.45) is 1.61. The lowest BCUT2D eigenvalue weighted by molar-refractivity contribution is 0.551. The van der Waals surface area contributed by atoms with Crippen molar-refractivity contribution in [2.24, 2.45) is 0 Å². The Morgan fingerprint density at radius 1 is 1.36 bits per heavy atom. The summed E-state index contributed by atoms with van der Waals surface area (Å²) >= 11 is 0. The van der Waals surface area contributed by atoms with Crippen LogP contribution < -0.4 is 5.73 Å². The van der Waals surface area contributed by atoms with Crippen LogP contribution in [0.3, 0.4) is 0 Å². The van der Waals surface area contributed by atoms with Gasteiger partial charge in [0, 0.05) is 0 Å². The molecule has 0 unspecified atom stereocenters. The van der Waals surface area contributed by atoms with Gasteiger partial charge < -0.3 is 5.73 Å². The lowest BCUT2D eigenvalue weighted by Gasteiger charge is -1.92. The standard InChI is InChI=1S/C4H4FN3O2S/c5-11(9,10)3-1-7-4(6)8-2-3/h1-2H,(H2,6,7,8). The number of hydrogen-bond donors (Lipinski definition) is 1. The summed E-state index contributed by atoms with van der Waals surface area (Å²) in [6.45, 7) is 0. The highest BCUT2D eigenvalue weighted by molar-refractivity contribution is 7.86. The zero-order valence-corrected chi connectivity index (χ0v) is 6.05. The van der Waals surface area contributed by atoms with E-state index in [0.717, 1.165) is 12.4 Å². The lowest BCUT2D eigenvalue weighted by Crippen LogP contribution is -1.98. The van der Waals surface area contributed by atoms with E-state index < -0.39 is 15.1 Å². The largest absolute Gasteiger partial charge is 0.368 e. The predicted molar refractivity (Wildman–Crippen MR) is 34.7 cm³/mol. The molecule has 1 aromatic heterocycles. The van der Waals surface area contributed by atoms with E-state index in [4.69, 9.17) is 5.73 Å². The maximum atomic E-state index is 12.1. The van der Waals surface area contributed by atoms with Gasteiger partial charge in [0.15, 0.2) is 0 Å². The molecule has 11 heavy (non-hydrogen) atoms. The average molecular weight is 177 g/mol. The van der Waals surface area contributed by atoms with Crippen LogP contribution in [0, 0.1) is 0 Å². The van der Waals surface area contributed by atoms with E-state index in [-0.39, 0.29) is 5.95 Å². The SMILES string of the molecule is Nc1ncc(S(=O)(=O)F)cn1. The number of aromatic nitrogens is 2. The van der Waals surface area contributed by atoms with E-state index in [1.54, 1.807) is 0 Å². The molecule has 7 heteroatoms. The van der Waals surface area contributed by atoms with Crippen molar-refractivity contribution >= 4 is 16.2 Å². The minimum atomic E-state index is -4.70. The van der Waals surface area contributed by atoms with Crippen LogP contribution in [0.25, 0.3) is 0 Å². The van der Waals surface area contributed by atoms with Crippen molar-refractivity contribution in [1.82, 2.24) is 9.97 Å². The van der Waals surface area contributed by atoms with E-state index in [0.29, 0.717) is 0 Å². The number of rotatable bonds is 1. The first kappa shape index (κ1) is 7.86. The highest BCUT2D eigenvalue weighted by atomic mass is 32.3. The van der Waals surface area contributed by atoms with E-state index in [2.05, 4.69) is 9.97 Å². The smallest absolute Gasteiger partial charge is 0.335 e. The number of hydrogen-bond acceptors (Lipinski definition) is 5. The lowest BCUT2D eigenvalue weighted by atomic mass is 10.7. The summed E-state index contributed by atoms with van der Waals surface area (Å²) in [5.74, 6) is -0.0996. The second-order valence-electron chi connectivity index (χ2n) is 1.71. The molecule has 0 spiro atoms. The first-order valence-corrected chi connectivity index (χ1v) is 3.90. The van der Waals surface area contributed by atoms with Crippen LogP contribution in [-0.4, -0.2) is 18.4 Å². The molecule has 5 nitrogen and oxygen atoms in total. The molecule has 1 aromatic rings. The van der Waals surface area contributed by atoms with Gasteiger partial charge in [0.25, 0.3) is 0 Å². The Balaban J connectivity index is 3.20. The predicted octanol–water partition coefficient (Wildman–Crippen LogP) is -0.283. The number of nitrogens with zero attached hydrogens (tertiary/aromatic N) is 2. The van der Waals surface area contributed by atoms with Crippen molar-refractivity contribution in [3.05, 3.63) is 12.4 Å². The summed E-state index contributed by atoms with van der Waals surface area (Å²) in [5, 5.41) is 0. The van der Waals surface area contributed by atoms with Crippen molar-refractivity contribution in [3.63, 3.8) is 0 Å². The van der Waals surface area contributed by atoms with E-state index in [1.807, 2.05) is 0 Å². The van der Waals surface area contributed by atoms with Crippen LogP contribution >= 0.6 is 0 Å². The van der Waals surface area contributed by atoms with Gasteiger partial charge in [-0.25, -0.2) is 9.97 Å². The molecule has 0 atom stereocenters. The minimum absolute atomic E-state index is 0.0996. The average Bonchev–Trinajstić information content (AvgIpc) is 1.86. The molecule has 1 heterocycles. The summed E-state index contributed by atoms with van der Waals surface area (Å²) in [6, 6.07) is 0. The fraction of sp³-hybridized carbons (Fsp3) is 0. The Morgan fingerprint density at radius 2 is 1.82 bits per heavy atom. The van der Waals surface area contributed by atoms with Crippen molar-refractivity contribution in [2.45, 2.75) is 4.90 Å². The monoisotopic (exact) mass is 177 g/mol. The molecule has 2 N–H and O–H groups in total. The molecule has 0 amide bonds. The Hall–Kier alpha value is -1.24. The molecule has 60 valence electrons. The van der Waals surface area contributed by atoms with Gasteiger partial charge in [0.1, 0.15) is 4.90 Å². The fourth-order valence-corrected chi connectivity index (χ4v) is 0.809. The van der Waals surface area contributed by atoms with Crippen molar-refractivity contribution in [3.8, 4) is 0 Å². The van der Waals surface area contributed by atoms with Crippen LogP contribution in [0.1, 0.15) is 0 Å². The van der Waals surface area contributed by atoms with Crippen LogP contribution in [0.15, 0.2) is 17.3 Å². The van der Waals surface area contributed by atoms with Gasteiger partial charge in [-0.05, 0) is 0 Å². The number of anilines is 1. The summed E-state index contributed by atoms with van der Waals surface area (Å²) in [5.41, 5.74) is 5.03. The zero-order chi connectivity index (χ0) is 8.48. The second kappa shape index (κ2) is 2.42. The maximum absolute atomic E-state index is 12.1. The summed E-state index contributed by atoms with van der Waals surface area (Å²) < 4.78 is 32.4. The Bertz CT molecular complexity index is 346. The molecule has 0 aliphatic carbocycles. The molecule has 0 aliphatic rings. The molecular weight excluding hydrogens is 173 g/mol. The molecule has 0 radical (unpaired) electrons. The van der Waals surface area contributed by atoms with E-state index in [1.165, 1.54) is 0 Å². The third kappa shape index (κ3) is 1.84. The highest BCUT2D eigenvalue weighted by Gasteiger charge is 2.11. The topological polar surface area (TPSA) is 85.9 Å². The number of nitrogens with two attached hydrogens (primary N) is 1. The quantitative estimate of drug-likeness (QED) is 0.596. The Morgan fingerprint density at radius 3 is 2.18 bits per heavy atom. The molecule has 0 aromatic carbocycles. The molecule has 0 fully saturated rings. The van der Waals surface area contributed by atoms with Crippen LogP contribution in [0.4, 0.5) is 9.83 Å². The van der Waals surface area contributed by atoms with Gasteiger partial charge in [-0.15, -0.1) is 3.89 Å². The first-order valence-electron chi connectivity index (χ1n) is 2.52. The molecular formula is C4H4FN3O2S. The Labute approximate surface area is 62.3 Å². The molecule has 0 saturated carbocycles. The van der Waals surface area contributed by atoms with Crippen LogP contribution in [-0.2, 0) is 10.2 Å². The van der Waals surface area contributed by atoms with Crippen LogP contribution in [0.5, 0.6) is 0 Å². The van der Waals surface area contributed by atoms with Crippen LogP contribution in [0.2, 0.25) is 0 Å². The molecule has 0 aliphatic heterocycles. The first-order chi connectivity index (χ1) is 5.00. The summed E-state index contributed by atoms with van der Waals surface area (Å²) in [4.78, 5) is 6.00. The highest BCUT2D eigenvalue weighted by Crippen LogP contribution is 2.08. The van der Waals surface area contributed by atoms with Crippen molar-refractivity contribution < 1.29 is 12.3 Å². The molecule has 0 saturated heterocycles. The minimum Gasteiger partial charge on any atom is -0.368 e. The van der Waals surface area contributed by atoms with Crippen molar-refractivity contribution in [2.75, 3.05) is 5.73 Å².